The second-order valence-electron chi connectivity index (χ2n) is 6.84. The molecule has 0 radical (unpaired) electrons. The topological polar surface area (TPSA) is 57.7 Å². The largest absolute Gasteiger partial charge is 0.373 e. The van der Waals surface area contributed by atoms with Crippen molar-refractivity contribution >= 4 is 23.5 Å². The van der Waals surface area contributed by atoms with Crippen molar-refractivity contribution < 1.29 is 9.53 Å². The molecule has 1 N–H and O–H groups in total. The first-order chi connectivity index (χ1) is 13.2. The molecule has 0 bridgehead atoms. The Labute approximate surface area is 163 Å². The lowest BCUT2D eigenvalue weighted by Gasteiger charge is -2.36. The summed E-state index contributed by atoms with van der Waals surface area (Å²) >= 11 is 1.63. The van der Waals surface area contributed by atoms with E-state index in [0.717, 1.165) is 23.7 Å². The summed E-state index contributed by atoms with van der Waals surface area (Å²) in [4.78, 5) is 22.4. The number of hydrogen-bond donors (Lipinski definition) is 1. The van der Waals surface area contributed by atoms with Crippen LogP contribution in [0.15, 0.2) is 53.7 Å². The zero-order valence-corrected chi connectivity index (χ0v) is 16.2. The van der Waals surface area contributed by atoms with Gasteiger partial charge in [-0.2, -0.15) is 0 Å². The third-order valence-corrected chi connectivity index (χ3v) is 5.96. The number of ether oxygens (including phenoxy) is 1. The van der Waals surface area contributed by atoms with Gasteiger partial charge >= 0.3 is 6.03 Å². The van der Waals surface area contributed by atoms with Gasteiger partial charge in [-0.25, -0.2) is 4.79 Å². The summed E-state index contributed by atoms with van der Waals surface area (Å²) in [6.07, 6.45) is 5.78. The highest BCUT2D eigenvalue weighted by atomic mass is 32.2. The Morgan fingerprint density at radius 1 is 1.30 bits per heavy atom. The number of morpholine rings is 1. The van der Waals surface area contributed by atoms with E-state index in [9.17, 15) is 4.79 Å². The molecule has 0 unspecified atom stereocenters. The van der Waals surface area contributed by atoms with Crippen LogP contribution in [0.3, 0.4) is 0 Å². The van der Waals surface area contributed by atoms with Crippen molar-refractivity contribution in [3.63, 3.8) is 0 Å². The Morgan fingerprint density at radius 2 is 2.19 bits per heavy atom. The number of fused-ring (bicyclic) bond motifs is 1. The summed E-state index contributed by atoms with van der Waals surface area (Å²) in [6, 6.07) is 12.1. The predicted molar refractivity (Wildman–Crippen MR) is 107 cm³/mol. The number of aromatic nitrogens is 1. The molecule has 27 heavy (non-hydrogen) atoms. The van der Waals surface area contributed by atoms with Crippen molar-refractivity contribution in [2.45, 2.75) is 23.6 Å². The van der Waals surface area contributed by atoms with Crippen molar-refractivity contribution in [2.75, 3.05) is 37.8 Å². The first-order valence-corrected chi connectivity index (χ1v) is 10.4. The molecule has 2 aliphatic heterocycles. The summed E-state index contributed by atoms with van der Waals surface area (Å²) in [5, 5.41) is 3.06. The number of nitrogens with one attached hydrogen (secondary N) is 1. The summed E-state index contributed by atoms with van der Waals surface area (Å²) in [5.41, 5.74) is 2.05. The molecule has 142 valence electrons. The van der Waals surface area contributed by atoms with Gasteiger partial charge in [0.25, 0.3) is 0 Å². The lowest BCUT2D eigenvalue weighted by atomic mass is 10.1. The van der Waals surface area contributed by atoms with E-state index in [2.05, 4.69) is 21.3 Å². The van der Waals surface area contributed by atoms with Crippen LogP contribution in [0.25, 0.3) is 0 Å². The van der Waals surface area contributed by atoms with Gasteiger partial charge in [-0.3, -0.25) is 9.88 Å². The summed E-state index contributed by atoms with van der Waals surface area (Å²) in [6.45, 7) is 3.72. The zero-order chi connectivity index (χ0) is 18.6. The maximum Gasteiger partial charge on any atom is 0.322 e. The molecule has 1 aromatic carbocycles. The number of pyridine rings is 1. The normalized spacial score (nSPS) is 22.5. The molecule has 2 aliphatic rings. The van der Waals surface area contributed by atoms with E-state index in [1.165, 1.54) is 5.56 Å². The third-order valence-electron chi connectivity index (χ3n) is 5.16. The Bertz CT molecular complexity index is 789. The van der Waals surface area contributed by atoms with Gasteiger partial charge in [-0.1, -0.05) is 18.2 Å². The van der Waals surface area contributed by atoms with Crippen molar-refractivity contribution in [3.8, 4) is 0 Å². The fourth-order valence-corrected chi connectivity index (χ4v) is 4.34. The minimum absolute atomic E-state index is 0.0594. The first kappa shape index (κ1) is 18.3. The molecular weight excluding hydrogens is 360 g/mol. The molecule has 0 spiro atoms. The first-order valence-electron chi connectivity index (χ1n) is 9.18. The van der Waals surface area contributed by atoms with Crippen LogP contribution in [0, 0.1) is 0 Å². The molecular formula is C20H24N4O2S. The summed E-state index contributed by atoms with van der Waals surface area (Å²) in [7, 11) is 0. The fraction of sp³-hybridized carbons (Fsp3) is 0.400. The molecule has 0 aliphatic carbocycles. The Hall–Kier alpha value is -2.09. The van der Waals surface area contributed by atoms with Gasteiger partial charge in [0.15, 0.2) is 0 Å². The van der Waals surface area contributed by atoms with Crippen LogP contribution >= 0.6 is 11.8 Å². The lowest BCUT2D eigenvalue weighted by Crippen LogP contribution is -2.50. The quantitative estimate of drug-likeness (QED) is 0.822. The van der Waals surface area contributed by atoms with Crippen molar-refractivity contribution in [2.24, 2.45) is 0 Å². The second kappa shape index (κ2) is 8.29. The number of amides is 2. The van der Waals surface area contributed by atoms with Crippen LogP contribution in [0.1, 0.15) is 5.56 Å². The minimum atomic E-state index is -0.0594. The molecule has 3 heterocycles. The summed E-state index contributed by atoms with van der Waals surface area (Å²) in [5.74, 6) is 0. The Balaban J connectivity index is 1.42. The number of hydrogen-bond acceptors (Lipinski definition) is 5. The van der Waals surface area contributed by atoms with E-state index in [1.807, 2.05) is 47.7 Å². The molecule has 2 atom stereocenters. The number of likely N-dealkylation sites (tertiary alicyclic amines) is 1. The van der Waals surface area contributed by atoms with Crippen LogP contribution in [0.4, 0.5) is 10.5 Å². The van der Waals surface area contributed by atoms with Crippen molar-refractivity contribution in [1.82, 2.24) is 14.8 Å². The predicted octanol–water partition coefficient (Wildman–Crippen LogP) is 2.92. The molecule has 1 aromatic heterocycles. The maximum absolute atomic E-state index is 12.8. The third kappa shape index (κ3) is 4.10. The number of rotatable bonds is 4. The van der Waals surface area contributed by atoms with E-state index >= 15 is 0 Å². The zero-order valence-electron chi connectivity index (χ0n) is 15.4. The molecule has 2 saturated heterocycles. The van der Waals surface area contributed by atoms with Crippen LogP contribution in [0.5, 0.6) is 0 Å². The highest BCUT2D eigenvalue weighted by Crippen LogP contribution is 2.27. The van der Waals surface area contributed by atoms with Gasteiger partial charge in [0.2, 0.25) is 0 Å². The number of carbonyl (C=O) groups excluding carboxylic acids is 1. The average Bonchev–Trinajstić information content (AvgIpc) is 3.15. The highest BCUT2D eigenvalue weighted by Gasteiger charge is 2.41. The van der Waals surface area contributed by atoms with Crippen LogP contribution in [0.2, 0.25) is 0 Å². The van der Waals surface area contributed by atoms with Crippen LogP contribution < -0.4 is 5.32 Å². The molecule has 2 aromatic rings. The SMILES string of the molecule is CSc1ccccc1NC(=O)N1C[C@@H]2OCCN(Cc3cccnc3)[C@H]2C1. The molecule has 0 saturated carbocycles. The van der Waals surface area contributed by atoms with E-state index < -0.39 is 0 Å². The number of thioether (sulfide) groups is 1. The molecule has 6 nitrogen and oxygen atoms in total. The standard InChI is InChI=1S/C20H24N4O2S/c1-27-19-7-3-2-6-16(19)22-20(25)24-13-17-18(14-24)26-10-9-23(17)12-15-5-4-8-21-11-15/h2-8,11,17-18H,9-10,12-14H2,1H3,(H,22,25)/t17-,18-/m0/s1. The van der Waals surface area contributed by atoms with Gasteiger partial charge < -0.3 is 15.0 Å². The van der Waals surface area contributed by atoms with Gasteiger partial charge in [-0.05, 0) is 30.0 Å². The average molecular weight is 385 g/mol. The number of para-hydroxylation sites is 1. The molecule has 7 heteroatoms. The smallest absolute Gasteiger partial charge is 0.322 e. The molecule has 4 rings (SSSR count). The van der Waals surface area contributed by atoms with E-state index in [-0.39, 0.29) is 18.2 Å². The Kier molecular flexibility index (Phi) is 5.61. The number of carbonyl (C=O) groups is 1. The second-order valence-corrected chi connectivity index (χ2v) is 7.69. The highest BCUT2D eigenvalue weighted by molar-refractivity contribution is 7.98. The number of benzene rings is 1. The Morgan fingerprint density at radius 3 is 3.00 bits per heavy atom. The maximum atomic E-state index is 12.8. The number of anilines is 1. The van der Waals surface area contributed by atoms with Gasteiger partial charge in [0, 0.05) is 36.9 Å². The van der Waals surface area contributed by atoms with Crippen LogP contribution in [-0.2, 0) is 11.3 Å². The lowest BCUT2D eigenvalue weighted by molar-refractivity contribution is -0.0503. The number of urea groups is 1. The summed E-state index contributed by atoms with van der Waals surface area (Å²) < 4.78 is 5.96. The number of nitrogens with zero attached hydrogens (tertiary/aromatic N) is 3. The van der Waals surface area contributed by atoms with E-state index in [4.69, 9.17) is 4.74 Å². The molecule has 2 fully saturated rings. The van der Waals surface area contributed by atoms with E-state index in [1.54, 1.807) is 18.0 Å². The van der Waals surface area contributed by atoms with Crippen LogP contribution in [-0.4, -0.2) is 65.5 Å². The fourth-order valence-electron chi connectivity index (χ4n) is 3.79. The van der Waals surface area contributed by atoms with Crippen molar-refractivity contribution in [3.05, 3.63) is 54.4 Å². The minimum Gasteiger partial charge on any atom is -0.373 e. The van der Waals surface area contributed by atoms with E-state index in [0.29, 0.717) is 19.7 Å². The van der Waals surface area contributed by atoms with Gasteiger partial charge in [-0.15, -0.1) is 11.8 Å². The molecule has 2 amide bonds. The van der Waals surface area contributed by atoms with Crippen molar-refractivity contribution in [1.29, 1.82) is 0 Å². The van der Waals surface area contributed by atoms with Gasteiger partial charge in [0.1, 0.15) is 0 Å². The van der Waals surface area contributed by atoms with Gasteiger partial charge in [0.05, 0.1) is 31.0 Å². The monoisotopic (exact) mass is 384 g/mol.